The summed E-state index contributed by atoms with van der Waals surface area (Å²) in [5, 5.41) is 5.99. The van der Waals surface area contributed by atoms with Gasteiger partial charge in [-0.3, -0.25) is 4.79 Å². The average Bonchev–Trinajstić information content (AvgIpc) is 2.82. The Bertz CT molecular complexity index is 1240. The summed E-state index contributed by atoms with van der Waals surface area (Å²) < 4.78 is 25.9. The van der Waals surface area contributed by atoms with E-state index in [9.17, 15) is 9.18 Å². The van der Waals surface area contributed by atoms with Crippen LogP contribution in [-0.4, -0.2) is 60.3 Å². The maximum atomic E-state index is 14.6. The van der Waals surface area contributed by atoms with E-state index < -0.39 is 11.9 Å². The van der Waals surface area contributed by atoms with Gasteiger partial charge in [0.1, 0.15) is 17.6 Å². The number of aromatic nitrogens is 3. The van der Waals surface area contributed by atoms with Gasteiger partial charge in [0.25, 0.3) is 11.8 Å². The lowest BCUT2D eigenvalue weighted by Crippen LogP contribution is -2.51. The van der Waals surface area contributed by atoms with Gasteiger partial charge < -0.3 is 25.0 Å². The maximum absolute atomic E-state index is 14.6. The molecule has 2 atom stereocenters. The predicted octanol–water partition coefficient (Wildman–Crippen LogP) is 2.95. The summed E-state index contributed by atoms with van der Waals surface area (Å²) in [5.41, 5.74) is 2.14. The second-order valence-corrected chi connectivity index (χ2v) is 8.31. The molecule has 0 unspecified atom stereocenters. The number of morpholine rings is 1. The first-order chi connectivity index (χ1) is 15.9. The van der Waals surface area contributed by atoms with Crippen LogP contribution in [0.5, 0.6) is 5.88 Å². The van der Waals surface area contributed by atoms with E-state index in [1.165, 1.54) is 19.2 Å². The fourth-order valence-corrected chi connectivity index (χ4v) is 4.29. The monoisotopic (exact) mass is 472 g/mol. The van der Waals surface area contributed by atoms with Gasteiger partial charge in [0.15, 0.2) is 11.5 Å². The molecule has 0 bridgehead atoms. The fraction of sp³-hybridized carbons (Fsp3) is 0.364. The van der Waals surface area contributed by atoms with Crippen molar-refractivity contribution in [2.45, 2.75) is 19.0 Å². The Morgan fingerprint density at radius 1 is 1.27 bits per heavy atom. The molecule has 2 aliphatic rings. The lowest BCUT2D eigenvalue weighted by Gasteiger charge is -2.39. The number of carbonyl (C=O) groups excluding carboxylic acids is 1. The SMILES string of the molecule is CNC(=O)c1nc(Cl)ccc1N[C@H](C)c1cc(F)cc2nc3c(nc12)N1CCOC[C@H]1CO3. The first-order valence-corrected chi connectivity index (χ1v) is 11.0. The summed E-state index contributed by atoms with van der Waals surface area (Å²) in [7, 11) is 1.51. The molecule has 0 spiro atoms. The molecule has 0 saturated carbocycles. The largest absolute Gasteiger partial charge is 0.473 e. The number of rotatable bonds is 4. The Morgan fingerprint density at radius 3 is 2.94 bits per heavy atom. The third-order valence-corrected chi connectivity index (χ3v) is 5.98. The molecule has 9 nitrogen and oxygen atoms in total. The van der Waals surface area contributed by atoms with Gasteiger partial charge in [-0.2, -0.15) is 0 Å². The molecule has 2 aliphatic heterocycles. The molecule has 33 heavy (non-hydrogen) atoms. The van der Waals surface area contributed by atoms with Crippen LogP contribution >= 0.6 is 11.6 Å². The molecule has 1 aromatic carbocycles. The van der Waals surface area contributed by atoms with Crippen LogP contribution in [-0.2, 0) is 4.74 Å². The second kappa shape index (κ2) is 8.60. The number of hydrogen-bond donors (Lipinski definition) is 2. The number of carbonyl (C=O) groups is 1. The van der Waals surface area contributed by atoms with E-state index >= 15 is 0 Å². The Morgan fingerprint density at radius 2 is 2.12 bits per heavy atom. The van der Waals surface area contributed by atoms with Gasteiger partial charge in [-0.25, -0.2) is 19.3 Å². The highest BCUT2D eigenvalue weighted by molar-refractivity contribution is 6.29. The van der Waals surface area contributed by atoms with E-state index in [2.05, 4.69) is 25.5 Å². The molecule has 0 aliphatic carbocycles. The Hall–Kier alpha value is -3.24. The van der Waals surface area contributed by atoms with Gasteiger partial charge in [0.05, 0.1) is 42.0 Å². The second-order valence-electron chi connectivity index (χ2n) is 7.92. The van der Waals surface area contributed by atoms with Crippen LogP contribution in [0.4, 0.5) is 15.9 Å². The molecule has 4 heterocycles. The van der Waals surface area contributed by atoms with Gasteiger partial charge in [0, 0.05) is 25.2 Å². The highest BCUT2D eigenvalue weighted by Gasteiger charge is 2.33. The van der Waals surface area contributed by atoms with Crippen LogP contribution in [0, 0.1) is 5.82 Å². The summed E-state index contributed by atoms with van der Waals surface area (Å²) in [6.45, 7) is 4.12. The van der Waals surface area contributed by atoms with Crippen molar-refractivity contribution in [2.24, 2.45) is 0 Å². The maximum Gasteiger partial charge on any atom is 0.271 e. The number of amides is 1. The normalized spacial score (nSPS) is 18.2. The number of nitrogens with one attached hydrogen (secondary N) is 2. The molecule has 11 heteroatoms. The average molecular weight is 473 g/mol. The number of hydrogen-bond acceptors (Lipinski definition) is 8. The number of fused-ring (bicyclic) bond motifs is 4. The van der Waals surface area contributed by atoms with Gasteiger partial charge in [-0.15, -0.1) is 0 Å². The molecule has 1 saturated heterocycles. The number of ether oxygens (including phenoxy) is 2. The minimum Gasteiger partial charge on any atom is -0.473 e. The molecule has 5 rings (SSSR count). The number of halogens is 2. The molecule has 2 aromatic heterocycles. The minimum atomic E-state index is -0.443. The summed E-state index contributed by atoms with van der Waals surface area (Å²) in [5.74, 6) is 0.185. The van der Waals surface area contributed by atoms with E-state index in [-0.39, 0.29) is 22.8 Å². The lowest BCUT2D eigenvalue weighted by molar-refractivity contribution is 0.0686. The highest BCUT2D eigenvalue weighted by Crippen LogP contribution is 2.36. The van der Waals surface area contributed by atoms with Crippen molar-refractivity contribution in [1.29, 1.82) is 0 Å². The zero-order chi connectivity index (χ0) is 23.1. The smallest absolute Gasteiger partial charge is 0.271 e. The van der Waals surface area contributed by atoms with Crippen molar-refractivity contribution in [1.82, 2.24) is 20.3 Å². The van der Waals surface area contributed by atoms with Gasteiger partial charge >= 0.3 is 0 Å². The fourth-order valence-electron chi connectivity index (χ4n) is 4.14. The van der Waals surface area contributed by atoms with Crippen LogP contribution in [0.1, 0.15) is 29.0 Å². The van der Waals surface area contributed by atoms with E-state index in [4.69, 9.17) is 26.1 Å². The van der Waals surface area contributed by atoms with Crippen molar-refractivity contribution in [3.8, 4) is 5.88 Å². The van der Waals surface area contributed by atoms with E-state index in [0.29, 0.717) is 60.3 Å². The van der Waals surface area contributed by atoms with Crippen LogP contribution in [0.15, 0.2) is 24.3 Å². The minimum absolute atomic E-state index is 0.0627. The third kappa shape index (κ3) is 4.00. The Kier molecular flexibility index (Phi) is 5.63. The van der Waals surface area contributed by atoms with E-state index in [0.717, 1.165) is 0 Å². The number of benzene rings is 1. The van der Waals surface area contributed by atoms with E-state index in [1.54, 1.807) is 12.1 Å². The van der Waals surface area contributed by atoms with Crippen LogP contribution < -0.4 is 20.3 Å². The number of nitrogens with zero attached hydrogens (tertiary/aromatic N) is 4. The molecule has 1 amide bonds. The quantitative estimate of drug-likeness (QED) is 0.559. The molecule has 0 radical (unpaired) electrons. The van der Waals surface area contributed by atoms with Crippen molar-refractivity contribution in [3.05, 3.63) is 46.5 Å². The Balaban J connectivity index is 1.56. The predicted molar refractivity (Wildman–Crippen MR) is 122 cm³/mol. The zero-order valence-electron chi connectivity index (χ0n) is 18.1. The molecule has 2 N–H and O–H groups in total. The zero-order valence-corrected chi connectivity index (χ0v) is 18.8. The van der Waals surface area contributed by atoms with Crippen molar-refractivity contribution in [2.75, 3.05) is 43.6 Å². The topological polar surface area (TPSA) is 102 Å². The summed E-state index contributed by atoms with van der Waals surface area (Å²) >= 11 is 5.98. The Labute approximate surface area is 194 Å². The van der Waals surface area contributed by atoms with Gasteiger partial charge in [0.2, 0.25) is 0 Å². The first kappa shape index (κ1) is 21.6. The van der Waals surface area contributed by atoms with Gasteiger partial charge in [-0.1, -0.05) is 11.6 Å². The van der Waals surface area contributed by atoms with E-state index in [1.807, 2.05) is 6.92 Å². The number of pyridine rings is 1. The first-order valence-electron chi connectivity index (χ1n) is 10.6. The molecule has 172 valence electrons. The molecular weight excluding hydrogens is 451 g/mol. The van der Waals surface area contributed by atoms with Crippen LogP contribution in [0.25, 0.3) is 11.0 Å². The number of anilines is 2. The van der Waals surface area contributed by atoms with Crippen molar-refractivity contribution in [3.63, 3.8) is 0 Å². The summed E-state index contributed by atoms with van der Waals surface area (Å²) in [4.78, 5) is 28.0. The molecule has 1 fully saturated rings. The highest BCUT2D eigenvalue weighted by atomic mass is 35.5. The van der Waals surface area contributed by atoms with Crippen LogP contribution in [0.3, 0.4) is 0 Å². The summed E-state index contributed by atoms with van der Waals surface area (Å²) in [6.07, 6.45) is 0. The third-order valence-electron chi connectivity index (χ3n) is 5.77. The van der Waals surface area contributed by atoms with Gasteiger partial charge in [-0.05, 0) is 25.1 Å². The standard InChI is InChI=1S/C22H22ClFN6O3/c1-11(26-15-3-4-17(23)28-19(15)21(31)25-2)14-7-12(24)8-16-18(14)29-20-22(27-16)33-10-13-9-32-6-5-30(13)20/h3-4,7-8,11,13,26H,5-6,9-10H2,1-2H3,(H,25,31)/t11-,13+/m1/s1. The van der Waals surface area contributed by atoms with Crippen molar-refractivity contribution >= 4 is 40.0 Å². The van der Waals surface area contributed by atoms with Crippen LogP contribution in [0.2, 0.25) is 5.15 Å². The van der Waals surface area contributed by atoms with Crippen molar-refractivity contribution < 1.29 is 18.7 Å². The molecular formula is C22H22ClFN6O3. The lowest BCUT2D eigenvalue weighted by atomic mass is 10.0. The molecule has 3 aromatic rings. The summed E-state index contributed by atoms with van der Waals surface area (Å²) in [6, 6.07) is 5.65.